The molecule has 2 saturated heterocycles. The molecule has 162 valence electrons. The number of ether oxygens (including phenoxy) is 2. The fraction of sp³-hybridized carbons (Fsp3) is 0.591. The average molecular weight is 415 g/mol. The molecule has 1 amide bonds. The minimum atomic E-state index is -0.226. The van der Waals surface area contributed by atoms with Gasteiger partial charge in [-0.3, -0.25) is 9.69 Å². The Balaban J connectivity index is 1.42. The van der Waals surface area contributed by atoms with E-state index >= 15 is 0 Å². The first kappa shape index (κ1) is 21.0. The van der Waals surface area contributed by atoms with Crippen molar-refractivity contribution in [1.29, 1.82) is 0 Å². The zero-order valence-corrected chi connectivity index (χ0v) is 17.8. The highest BCUT2D eigenvalue weighted by Crippen LogP contribution is 2.29. The van der Waals surface area contributed by atoms with Crippen LogP contribution in [0.1, 0.15) is 36.6 Å². The van der Waals surface area contributed by atoms with Crippen LogP contribution in [-0.4, -0.2) is 78.4 Å². The van der Waals surface area contributed by atoms with Crippen LogP contribution >= 0.6 is 0 Å². The molecule has 2 aliphatic heterocycles. The molecule has 4 heterocycles. The Labute approximate surface area is 177 Å². The molecule has 1 atom stereocenters. The van der Waals surface area contributed by atoms with Crippen molar-refractivity contribution in [2.75, 3.05) is 52.5 Å². The van der Waals surface area contributed by atoms with Gasteiger partial charge in [0.1, 0.15) is 11.9 Å². The summed E-state index contributed by atoms with van der Waals surface area (Å²) >= 11 is 0. The van der Waals surface area contributed by atoms with E-state index in [4.69, 9.17) is 19.0 Å². The summed E-state index contributed by atoms with van der Waals surface area (Å²) in [6.45, 7) is 9.73. The van der Waals surface area contributed by atoms with Crippen LogP contribution < -0.4 is 0 Å². The first-order chi connectivity index (χ1) is 14.7. The van der Waals surface area contributed by atoms with E-state index < -0.39 is 0 Å². The van der Waals surface area contributed by atoms with Gasteiger partial charge in [-0.15, -0.1) is 0 Å². The second-order valence-electron chi connectivity index (χ2n) is 7.77. The smallest absolute Gasteiger partial charge is 0.224 e. The Kier molecular flexibility index (Phi) is 6.76. The van der Waals surface area contributed by atoms with Crippen LogP contribution in [0.4, 0.5) is 0 Å². The van der Waals surface area contributed by atoms with Crippen molar-refractivity contribution in [2.24, 2.45) is 0 Å². The quantitative estimate of drug-likeness (QED) is 0.717. The number of morpholine rings is 2. The fourth-order valence-corrected chi connectivity index (χ4v) is 4.05. The number of rotatable bonds is 6. The van der Waals surface area contributed by atoms with Gasteiger partial charge in [-0.1, -0.05) is 18.1 Å². The highest BCUT2D eigenvalue weighted by molar-refractivity contribution is 5.76. The van der Waals surface area contributed by atoms with E-state index in [1.807, 2.05) is 36.9 Å². The standard InChI is InChI=1S/C22H30N4O4/c1-3-19-22(16(2)24-30-19)18-6-4-5-17(23-18)20-15-26(11-14-29-20)21(27)7-8-25-9-12-28-13-10-25/h4-6,20H,3,7-15H2,1-2H3/t20-/m1/s1. The Morgan fingerprint density at radius 3 is 2.83 bits per heavy atom. The molecule has 4 rings (SSSR count). The summed E-state index contributed by atoms with van der Waals surface area (Å²) in [4.78, 5) is 21.8. The van der Waals surface area contributed by atoms with E-state index in [1.54, 1.807) is 0 Å². The maximum atomic E-state index is 12.8. The number of hydrogen-bond acceptors (Lipinski definition) is 7. The lowest BCUT2D eigenvalue weighted by atomic mass is 10.1. The van der Waals surface area contributed by atoms with Crippen LogP contribution in [0, 0.1) is 6.92 Å². The lowest BCUT2D eigenvalue weighted by Crippen LogP contribution is -2.44. The summed E-state index contributed by atoms with van der Waals surface area (Å²) in [5, 5.41) is 4.09. The van der Waals surface area contributed by atoms with Crippen molar-refractivity contribution in [1.82, 2.24) is 19.9 Å². The van der Waals surface area contributed by atoms with Crippen LogP contribution in [0.3, 0.4) is 0 Å². The lowest BCUT2D eigenvalue weighted by molar-refractivity contribution is -0.139. The molecule has 0 radical (unpaired) electrons. The first-order valence-corrected chi connectivity index (χ1v) is 10.8. The van der Waals surface area contributed by atoms with Gasteiger partial charge >= 0.3 is 0 Å². The van der Waals surface area contributed by atoms with Crippen molar-refractivity contribution in [2.45, 2.75) is 32.8 Å². The number of amides is 1. The van der Waals surface area contributed by atoms with Crippen LogP contribution in [-0.2, 0) is 20.7 Å². The predicted octanol–water partition coefficient (Wildman–Crippen LogP) is 2.23. The van der Waals surface area contributed by atoms with Crippen molar-refractivity contribution in [3.05, 3.63) is 35.3 Å². The molecule has 30 heavy (non-hydrogen) atoms. The Morgan fingerprint density at radius 2 is 2.03 bits per heavy atom. The molecule has 0 spiro atoms. The van der Waals surface area contributed by atoms with Gasteiger partial charge in [0.2, 0.25) is 5.91 Å². The summed E-state index contributed by atoms with van der Waals surface area (Å²) in [5.74, 6) is 1.01. The van der Waals surface area contributed by atoms with Crippen LogP contribution in [0.15, 0.2) is 22.7 Å². The maximum absolute atomic E-state index is 12.8. The Morgan fingerprint density at radius 1 is 1.20 bits per heavy atom. The number of carbonyl (C=O) groups is 1. The highest BCUT2D eigenvalue weighted by atomic mass is 16.5. The van der Waals surface area contributed by atoms with E-state index in [2.05, 4.69) is 10.1 Å². The number of carbonyl (C=O) groups excluding carboxylic acids is 1. The summed E-state index contributed by atoms with van der Waals surface area (Å²) in [6, 6.07) is 5.91. The number of aryl methyl sites for hydroxylation is 2. The molecule has 0 bridgehead atoms. The van der Waals surface area contributed by atoms with Crippen molar-refractivity contribution < 1.29 is 18.8 Å². The number of aromatic nitrogens is 2. The van der Waals surface area contributed by atoms with Crippen LogP contribution in [0.2, 0.25) is 0 Å². The molecular weight excluding hydrogens is 384 g/mol. The minimum absolute atomic E-state index is 0.175. The Bertz CT molecular complexity index is 863. The summed E-state index contributed by atoms with van der Waals surface area (Å²) in [6.07, 6.45) is 1.06. The van der Waals surface area contributed by atoms with Crippen molar-refractivity contribution in [3.63, 3.8) is 0 Å². The normalized spacial score (nSPS) is 20.5. The van der Waals surface area contributed by atoms with E-state index in [0.29, 0.717) is 26.1 Å². The molecule has 0 aromatic carbocycles. The monoisotopic (exact) mass is 414 g/mol. The zero-order chi connectivity index (χ0) is 20.9. The van der Waals surface area contributed by atoms with Gasteiger partial charge in [0.05, 0.1) is 49.0 Å². The molecule has 8 heteroatoms. The third-order valence-corrected chi connectivity index (χ3v) is 5.78. The minimum Gasteiger partial charge on any atom is -0.379 e. The van der Waals surface area contributed by atoms with Gasteiger partial charge < -0.3 is 18.9 Å². The molecule has 2 aromatic rings. The average Bonchev–Trinajstić information content (AvgIpc) is 3.19. The maximum Gasteiger partial charge on any atom is 0.224 e. The molecule has 0 N–H and O–H groups in total. The second kappa shape index (κ2) is 9.68. The number of pyridine rings is 1. The molecular formula is C22H30N4O4. The van der Waals surface area contributed by atoms with Gasteiger partial charge in [0.25, 0.3) is 0 Å². The molecule has 8 nitrogen and oxygen atoms in total. The third-order valence-electron chi connectivity index (χ3n) is 5.78. The fourth-order valence-electron chi connectivity index (χ4n) is 4.05. The van der Waals surface area contributed by atoms with E-state index in [-0.39, 0.29) is 12.0 Å². The molecule has 0 unspecified atom stereocenters. The second-order valence-corrected chi connectivity index (χ2v) is 7.77. The van der Waals surface area contributed by atoms with Crippen LogP contribution in [0.5, 0.6) is 0 Å². The lowest BCUT2D eigenvalue weighted by Gasteiger charge is -2.33. The van der Waals surface area contributed by atoms with Gasteiger partial charge in [-0.25, -0.2) is 4.98 Å². The molecule has 2 aliphatic rings. The highest BCUT2D eigenvalue weighted by Gasteiger charge is 2.27. The van der Waals surface area contributed by atoms with Crippen LogP contribution in [0.25, 0.3) is 11.3 Å². The number of hydrogen-bond donors (Lipinski definition) is 0. The topological polar surface area (TPSA) is 80.9 Å². The molecule has 2 aromatic heterocycles. The van der Waals surface area contributed by atoms with E-state index in [0.717, 1.165) is 67.7 Å². The van der Waals surface area contributed by atoms with E-state index in [1.165, 1.54) is 0 Å². The van der Waals surface area contributed by atoms with Gasteiger partial charge in [-0.05, 0) is 19.1 Å². The summed E-state index contributed by atoms with van der Waals surface area (Å²) in [5.41, 5.74) is 3.46. The van der Waals surface area contributed by atoms with Gasteiger partial charge in [0, 0.05) is 39.0 Å². The molecule has 2 fully saturated rings. The van der Waals surface area contributed by atoms with Crippen molar-refractivity contribution >= 4 is 5.91 Å². The molecule has 0 aliphatic carbocycles. The summed E-state index contributed by atoms with van der Waals surface area (Å²) < 4.78 is 16.8. The predicted molar refractivity (Wildman–Crippen MR) is 111 cm³/mol. The Hall–Kier alpha value is -2.29. The SMILES string of the molecule is CCc1onc(C)c1-c1cccc([C@H]2CN(C(=O)CCN3CCOCC3)CCO2)n1. The largest absolute Gasteiger partial charge is 0.379 e. The van der Waals surface area contributed by atoms with E-state index in [9.17, 15) is 4.79 Å². The van der Waals surface area contributed by atoms with Gasteiger partial charge in [-0.2, -0.15) is 0 Å². The molecule has 0 saturated carbocycles. The zero-order valence-electron chi connectivity index (χ0n) is 17.8. The van der Waals surface area contributed by atoms with Gasteiger partial charge in [0.15, 0.2) is 0 Å². The number of nitrogens with zero attached hydrogens (tertiary/aromatic N) is 4. The van der Waals surface area contributed by atoms with Crippen molar-refractivity contribution in [3.8, 4) is 11.3 Å². The summed E-state index contributed by atoms with van der Waals surface area (Å²) in [7, 11) is 0. The first-order valence-electron chi connectivity index (χ1n) is 10.8. The third kappa shape index (κ3) is 4.71.